The van der Waals surface area contributed by atoms with Crippen LogP contribution in [0, 0.1) is 0 Å². The standard InChI is InChI=1S/C14H23N5.ClH/c1-5-12(4)19-13(6-8-17-19)10-15-14-7-9-16-18(14)11(2)3;/h6-9,11-12,15H,5,10H2,1-4H3;1H. The summed E-state index contributed by atoms with van der Waals surface area (Å²) in [5.74, 6) is 1.05. The molecule has 20 heavy (non-hydrogen) atoms. The second kappa shape index (κ2) is 7.33. The molecule has 0 fully saturated rings. The number of aromatic nitrogens is 4. The van der Waals surface area contributed by atoms with Gasteiger partial charge in [0, 0.05) is 24.3 Å². The summed E-state index contributed by atoms with van der Waals surface area (Å²) in [4.78, 5) is 0. The quantitative estimate of drug-likeness (QED) is 0.885. The largest absolute Gasteiger partial charge is 0.365 e. The minimum absolute atomic E-state index is 0. The summed E-state index contributed by atoms with van der Waals surface area (Å²) < 4.78 is 4.08. The molecule has 2 rings (SSSR count). The first-order valence-corrected chi connectivity index (χ1v) is 6.93. The van der Waals surface area contributed by atoms with E-state index < -0.39 is 0 Å². The van der Waals surface area contributed by atoms with Crippen LogP contribution in [0.15, 0.2) is 24.5 Å². The molecule has 0 bridgehead atoms. The van der Waals surface area contributed by atoms with Crippen LogP contribution in [0.25, 0.3) is 0 Å². The molecule has 6 heteroatoms. The number of hydrogen-bond donors (Lipinski definition) is 1. The Morgan fingerprint density at radius 3 is 2.40 bits per heavy atom. The van der Waals surface area contributed by atoms with E-state index in [1.807, 2.05) is 23.1 Å². The zero-order chi connectivity index (χ0) is 13.8. The highest BCUT2D eigenvalue weighted by Crippen LogP contribution is 2.16. The van der Waals surface area contributed by atoms with Crippen molar-refractivity contribution in [3.05, 3.63) is 30.2 Å². The molecular weight excluding hydrogens is 274 g/mol. The minimum atomic E-state index is 0. The maximum atomic E-state index is 4.40. The van der Waals surface area contributed by atoms with E-state index >= 15 is 0 Å². The number of halogens is 1. The van der Waals surface area contributed by atoms with Crippen LogP contribution in [-0.4, -0.2) is 19.6 Å². The van der Waals surface area contributed by atoms with Crippen LogP contribution in [0.5, 0.6) is 0 Å². The topological polar surface area (TPSA) is 47.7 Å². The van der Waals surface area contributed by atoms with Crippen molar-refractivity contribution in [1.82, 2.24) is 19.6 Å². The number of nitrogens with zero attached hydrogens (tertiary/aromatic N) is 4. The highest BCUT2D eigenvalue weighted by Gasteiger charge is 2.10. The third-order valence-corrected chi connectivity index (χ3v) is 3.37. The predicted molar refractivity (Wildman–Crippen MR) is 84.4 cm³/mol. The highest BCUT2D eigenvalue weighted by atomic mass is 35.5. The molecular formula is C14H24ClN5. The smallest absolute Gasteiger partial charge is 0.124 e. The first kappa shape index (κ1) is 16.6. The second-order valence-corrected chi connectivity index (χ2v) is 5.13. The molecule has 0 amide bonds. The average molecular weight is 298 g/mol. The zero-order valence-electron chi connectivity index (χ0n) is 12.6. The van der Waals surface area contributed by atoms with E-state index in [0.29, 0.717) is 12.1 Å². The van der Waals surface area contributed by atoms with Crippen LogP contribution < -0.4 is 5.32 Å². The van der Waals surface area contributed by atoms with Gasteiger partial charge >= 0.3 is 0 Å². The highest BCUT2D eigenvalue weighted by molar-refractivity contribution is 5.85. The van der Waals surface area contributed by atoms with Gasteiger partial charge in [-0.2, -0.15) is 10.2 Å². The van der Waals surface area contributed by atoms with Crippen molar-refractivity contribution in [2.24, 2.45) is 0 Å². The molecule has 5 nitrogen and oxygen atoms in total. The molecule has 0 spiro atoms. The summed E-state index contributed by atoms with van der Waals surface area (Å²) >= 11 is 0. The molecule has 0 aliphatic heterocycles. The summed E-state index contributed by atoms with van der Waals surface area (Å²) in [7, 11) is 0. The van der Waals surface area contributed by atoms with Crippen LogP contribution in [0.3, 0.4) is 0 Å². The van der Waals surface area contributed by atoms with Crippen molar-refractivity contribution in [2.45, 2.75) is 52.7 Å². The molecule has 1 atom stereocenters. The molecule has 0 saturated heterocycles. The van der Waals surface area contributed by atoms with E-state index in [-0.39, 0.29) is 12.4 Å². The molecule has 0 aromatic carbocycles. The Kier molecular flexibility index (Phi) is 6.07. The lowest BCUT2D eigenvalue weighted by molar-refractivity contribution is 0.462. The lowest BCUT2D eigenvalue weighted by Crippen LogP contribution is -2.14. The maximum absolute atomic E-state index is 4.40. The Labute approximate surface area is 126 Å². The van der Waals surface area contributed by atoms with E-state index in [1.54, 1.807) is 0 Å². The summed E-state index contributed by atoms with van der Waals surface area (Å²) in [6, 6.07) is 4.86. The summed E-state index contributed by atoms with van der Waals surface area (Å²) in [6.45, 7) is 9.39. The fraction of sp³-hybridized carbons (Fsp3) is 0.571. The van der Waals surface area contributed by atoms with Gasteiger partial charge in [-0.1, -0.05) is 6.92 Å². The molecule has 112 valence electrons. The summed E-state index contributed by atoms with van der Waals surface area (Å²) in [5, 5.41) is 12.2. The van der Waals surface area contributed by atoms with Gasteiger partial charge in [0.1, 0.15) is 5.82 Å². The molecule has 0 aliphatic carbocycles. The van der Waals surface area contributed by atoms with Crippen molar-refractivity contribution in [2.75, 3.05) is 5.32 Å². The first-order valence-electron chi connectivity index (χ1n) is 6.93. The molecule has 2 aromatic heterocycles. The van der Waals surface area contributed by atoms with E-state index in [9.17, 15) is 0 Å². The first-order chi connectivity index (χ1) is 9.13. The van der Waals surface area contributed by atoms with Gasteiger partial charge in [0.2, 0.25) is 0 Å². The van der Waals surface area contributed by atoms with Crippen LogP contribution in [-0.2, 0) is 6.54 Å². The third kappa shape index (κ3) is 3.54. The van der Waals surface area contributed by atoms with Crippen LogP contribution >= 0.6 is 12.4 Å². The Bertz CT molecular complexity index is 517. The fourth-order valence-electron chi connectivity index (χ4n) is 2.10. The van der Waals surface area contributed by atoms with Gasteiger partial charge in [-0.25, -0.2) is 4.68 Å². The Morgan fingerprint density at radius 2 is 1.75 bits per heavy atom. The normalized spacial score (nSPS) is 12.2. The van der Waals surface area contributed by atoms with Crippen molar-refractivity contribution in [3.8, 4) is 0 Å². The van der Waals surface area contributed by atoms with Gasteiger partial charge in [0.15, 0.2) is 0 Å². The lowest BCUT2D eigenvalue weighted by Gasteiger charge is -2.16. The Balaban J connectivity index is 0.00000200. The Hall–Kier alpha value is -1.49. The van der Waals surface area contributed by atoms with E-state index in [0.717, 1.165) is 18.8 Å². The van der Waals surface area contributed by atoms with Crippen LogP contribution in [0.2, 0.25) is 0 Å². The summed E-state index contributed by atoms with van der Waals surface area (Å²) in [5.41, 5.74) is 1.20. The number of rotatable bonds is 6. The van der Waals surface area contributed by atoms with E-state index in [4.69, 9.17) is 0 Å². The average Bonchev–Trinajstić information content (AvgIpc) is 3.03. The molecule has 1 N–H and O–H groups in total. The van der Waals surface area contributed by atoms with Gasteiger partial charge in [-0.05, 0) is 33.3 Å². The monoisotopic (exact) mass is 297 g/mol. The van der Waals surface area contributed by atoms with Crippen molar-refractivity contribution in [3.63, 3.8) is 0 Å². The number of hydrogen-bond acceptors (Lipinski definition) is 3. The van der Waals surface area contributed by atoms with Gasteiger partial charge in [-0.3, -0.25) is 4.68 Å². The van der Waals surface area contributed by atoms with Gasteiger partial charge in [0.05, 0.1) is 18.4 Å². The maximum Gasteiger partial charge on any atom is 0.124 e. The molecule has 0 saturated carbocycles. The molecule has 1 unspecified atom stereocenters. The zero-order valence-corrected chi connectivity index (χ0v) is 13.4. The van der Waals surface area contributed by atoms with Crippen molar-refractivity contribution < 1.29 is 0 Å². The molecule has 0 aliphatic rings. The summed E-state index contributed by atoms with van der Waals surface area (Å²) in [6.07, 6.45) is 4.77. The SMILES string of the molecule is CCC(C)n1nccc1CNc1ccnn1C(C)C.Cl. The molecule has 0 radical (unpaired) electrons. The number of nitrogens with one attached hydrogen (secondary N) is 1. The Morgan fingerprint density at radius 1 is 1.10 bits per heavy atom. The fourth-order valence-corrected chi connectivity index (χ4v) is 2.10. The predicted octanol–water partition coefficient (Wildman–Crippen LogP) is 3.67. The van der Waals surface area contributed by atoms with E-state index in [2.05, 4.69) is 54.0 Å². The van der Waals surface area contributed by atoms with Gasteiger partial charge in [-0.15, -0.1) is 12.4 Å². The molecule has 2 heterocycles. The van der Waals surface area contributed by atoms with Crippen LogP contribution in [0.4, 0.5) is 5.82 Å². The minimum Gasteiger partial charge on any atom is -0.365 e. The lowest BCUT2D eigenvalue weighted by atomic mass is 10.2. The second-order valence-electron chi connectivity index (χ2n) is 5.13. The van der Waals surface area contributed by atoms with Gasteiger partial charge < -0.3 is 5.32 Å². The van der Waals surface area contributed by atoms with Crippen molar-refractivity contribution in [1.29, 1.82) is 0 Å². The van der Waals surface area contributed by atoms with Gasteiger partial charge in [0.25, 0.3) is 0 Å². The van der Waals surface area contributed by atoms with Crippen LogP contribution in [0.1, 0.15) is 51.9 Å². The number of anilines is 1. The van der Waals surface area contributed by atoms with Crippen molar-refractivity contribution >= 4 is 18.2 Å². The molecule has 2 aromatic rings. The van der Waals surface area contributed by atoms with E-state index in [1.165, 1.54) is 5.69 Å². The third-order valence-electron chi connectivity index (χ3n) is 3.37.